The first kappa shape index (κ1) is 29.6. The second-order valence-corrected chi connectivity index (χ2v) is 12.8. The van der Waals surface area contributed by atoms with Crippen LogP contribution < -0.4 is 15.7 Å². The lowest BCUT2D eigenvalue weighted by molar-refractivity contribution is 0.0929. The van der Waals surface area contributed by atoms with Crippen LogP contribution >= 0.6 is 27.5 Å². The lowest BCUT2D eigenvalue weighted by Crippen LogP contribution is -2.37. The van der Waals surface area contributed by atoms with Crippen molar-refractivity contribution in [3.8, 4) is 17.1 Å². The number of carbonyl (C=O) groups is 1. The monoisotopic (exact) mass is 686 g/mol. The molecule has 1 atom stereocenters. The number of nitrogens with one attached hydrogen (secondary N) is 1. The van der Waals surface area contributed by atoms with E-state index >= 15 is 0 Å². The van der Waals surface area contributed by atoms with E-state index in [4.69, 9.17) is 16.3 Å². The van der Waals surface area contributed by atoms with Crippen molar-refractivity contribution in [3.63, 3.8) is 0 Å². The van der Waals surface area contributed by atoms with Gasteiger partial charge in [-0.15, -0.1) is 0 Å². The predicted molar refractivity (Wildman–Crippen MR) is 176 cm³/mol. The fourth-order valence-electron chi connectivity index (χ4n) is 5.88. The minimum absolute atomic E-state index is 0.234. The molecule has 2 aliphatic rings. The van der Waals surface area contributed by atoms with Crippen molar-refractivity contribution in [2.45, 2.75) is 51.5 Å². The molecule has 0 bridgehead atoms. The summed E-state index contributed by atoms with van der Waals surface area (Å²) in [4.78, 5) is 30.5. The highest BCUT2D eigenvalue weighted by Gasteiger charge is 2.31. The minimum atomic E-state index is -0.365. The van der Waals surface area contributed by atoms with Gasteiger partial charge in [0, 0.05) is 43.0 Å². The third-order valence-electron chi connectivity index (χ3n) is 8.29. The Morgan fingerprint density at radius 2 is 1.89 bits per heavy atom. The summed E-state index contributed by atoms with van der Waals surface area (Å²) in [6.45, 7) is 4.13. The Kier molecular flexibility index (Phi) is 8.12. The summed E-state index contributed by atoms with van der Waals surface area (Å²) in [5.74, 6) is 0.433. The lowest BCUT2D eigenvalue weighted by atomic mass is 10.1. The van der Waals surface area contributed by atoms with E-state index in [2.05, 4.69) is 31.2 Å². The van der Waals surface area contributed by atoms with Gasteiger partial charge in [-0.05, 0) is 95.4 Å². The third kappa shape index (κ3) is 6.10. The van der Waals surface area contributed by atoms with Crippen LogP contribution in [-0.4, -0.2) is 42.4 Å². The van der Waals surface area contributed by atoms with Crippen LogP contribution in [0.1, 0.15) is 53.1 Å². The average Bonchev–Trinajstić information content (AvgIpc) is 3.58. The first-order valence-corrected chi connectivity index (χ1v) is 16.2. The van der Waals surface area contributed by atoms with Crippen LogP contribution in [0.4, 0.5) is 0 Å². The smallest absolute Gasteiger partial charge is 0.333 e. The van der Waals surface area contributed by atoms with E-state index in [1.54, 1.807) is 15.4 Å². The number of halogens is 2. The molecule has 1 aliphatic carbocycles. The maximum atomic E-state index is 14.3. The van der Waals surface area contributed by atoms with Crippen molar-refractivity contribution in [2.75, 3.05) is 6.54 Å². The van der Waals surface area contributed by atoms with Gasteiger partial charge in [-0.25, -0.2) is 9.48 Å². The highest BCUT2D eigenvalue weighted by atomic mass is 79.9. The summed E-state index contributed by atoms with van der Waals surface area (Å²) < 4.78 is 11.8. The van der Waals surface area contributed by atoms with Gasteiger partial charge in [-0.1, -0.05) is 35.9 Å². The zero-order valence-electron chi connectivity index (χ0n) is 24.7. The van der Waals surface area contributed by atoms with E-state index in [1.807, 2.05) is 85.9 Å². The van der Waals surface area contributed by atoms with Crippen LogP contribution in [0.25, 0.3) is 11.4 Å². The molecule has 0 radical (unpaired) electrons. The van der Waals surface area contributed by atoms with Crippen LogP contribution in [0.15, 0.2) is 94.5 Å². The van der Waals surface area contributed by atoms with Gasteiger partial charge < -0.3 is 10.1 Å². The van der Waals surface area contributed by atoms with Gasteiger partial charge in [-0.2, -0.15) is 5.10 Å². The lowest BCUT2D eigenvalue weighted by Gasteiger charge is -2.28. The summed E-state index contributed by atoms with van der Waals surface area (Å²) in [6.07, 6.45) is 5.98. The van der Waals surface area contributed by atoms with Crippen molar-refractivity contribution in [3.05, 3.63) is 128 Å². The first-order chi connectivity index (χ1) is 21.9. The summed E-state index contributed by atoms with van der Waals surface area (Å²) in [5, 5.41) is 8.23. The summed E-state index contributed by atoms with van der Waals surface area (Å²) >= 11 is 9.84. The van der Waals surface area contributed by atoms with Crippen molar-refractivity contribution >= 4 is 33.4 Å². The molecule has 3 heterocycles. The molecule has 45 heavy (non-hydrogen) atoms. The maximum Gasteiger partial charge on any atom is 0.333 e. The molecule has 3 aromatic carbocycles. The summed E-state index contributed by atoms with van der Waals surface area (Å²) in [7, 11) is 0. The molecule has 0 spiro atoms. The molecule has 1 N–H and O–H groups in total. The number of fused-ring (bicyclic) bond motifs is 1. The average molecular weight is 688 g/mol. The van der Waals surface area contributed by atoms with Crippen molar-refractivity contribution in [1.29, 1.82) is 0 Å². The molecule has 11 heteroatoms. The quantitative estimate of drug-likeness (QED) is 0.197. The van der Waals surface area contributed by atoms with Crippen LogP contribution in [-0.2, 0) is 19.6 Å². The molecule has 9 nitrogen and oxygen atoms in total. The molecule has 1 unspecified atom stereocenters. The number of imidazole rings is 1. The molecule has 1 aliphatic heterocycles. The number of carbonyl (C=O) groups excluding carboxylic acids is 1. The Hall–Kier alpha value is -4.12. The van der Waals surface area contributed by atoms with Crippen LogP contribution in [0.3, 0.4) is 0 Å². The van der Waals surface area contributed by atoms with E-state index in [0.29, 0.717) is 48.3 Å². The van der Waals surface area contributed by atoms with Gasteiger partial charge in [0.2, 0.25) is 0 Å². The molecule has 2 aromatic heterocycles. The Morgan fingerprint density at radius 1 is 1.09 bits per heavy atom. The van der Waals surface area contributed by atoms with Crippen LogP contribution in [0, 0.1) is 0 Å². The standard InChI is InChI=1S/C34H32BrClN6O3/c1-22(27-5-2-3-6-30(27)41-16-4-15-37-41)38-33(43)32-31-21-39(20-23-7-14-28(35)29(36)19-23)17-18-40(31)34(44)42(32)24-8-10-25(11-9-24)45-26-12-13-26/h2-11,14-16,19,22,26H,12-13,17-18,20-21H2,1H3,(H,38,43). The predicted octanol–water partition coefficient (Wildman–Crippen LogP) is 6.29. The number of amides is 1. The van der Waals surface area contributed by atoms with Gasteiger partial charge in [0.25, 0.3) is 5.91 Å². The number of hydrogen-bond acceptors (Lipinski definition) is 5. The number of hydrogen-bond donors (Lipinski definition) is 1. The Morgan fingerprint density at radius 3 is 2.62 bits per heavy atom. The summed E-state index contributed by atoms with van der Waals surface area (Å²) in [5.41, 5.74) is 4.23. The normalized spacial score (nSPS) is 15.4. The van der Waals surface area contributed by atoms with E-state index < -0.39 is 0 Å². The molecule has 0 saturated heterocycles. The Balaban J connectivity index is 1.24. The van der Waals surface area contributed by atoms with Crippen molar-refractivity contribution < 1.29 is 9.53 Å². The highest BCUT2D eigenvalue weighted by molar-refractivity contribution is 9.10. The zero-order valence-corrected chi connectivity index (χ0v) is 27.0. The van der Waals surface area contributed by atoms with E-state index in [-0.39, 0.29) is 23.7 Å². The Labute approximate surface area is 274 Å². The second kappa shape index (κ2) is 12.3. The van der Waals surface area contributed by atoms with E-state index in [0.717, 1.165) is 39.9 Å². The molecular weight excluding hydrogens is 656 g/mol. The number of nitrogens with zero attached hydrogens (tertiary/aromatic N) is 5. The van der Waals surface area contributed by atoms with Gasteiger partial charge in [0.15, 0.2) is 0 Å². The maximum absolute atomic E-state index is 14.3. The van der Waals surface area contributed by atoms with Crippen molar-refractivity contribution in [1.82, 2.24) is 29.1 Å². The van der Waals surface area contributed by atoms with Crippen LogP contribution in [0.2, 0.25) is 5.02 Å². The van der Waals surface area contributed by atoms with Gasteiger partial charge in [0.05, 0.1) is 34.2 Å². The number of benzene rings is 3. The van der Waals surface area contributed by atoms with E-state index in [9.17, 15) is 9.59 Å². The molecule has 1 amide bonds. The summed E-state index contributed by atoms with van der Waals surface area (Å²) in [6, 6.07) is 22.7. The topological polar surface area (TPSA) is 86.3 Å². The molecule has 5 aromatic rings. The fourth-order valence-corrected chi connectivity index (χ4v) is 6.33. The molecular formula is C34H32BrClN6O3. The molecule has 230 valence electrons. The number of rotatable bonds is 9. The number of para-hydroxylation sites is 1. The van der Waals surface area contributed by atoms with Gasteiger partial charge in [0.1, 0.15) is 11.4 Å². The molecule has 1 fully saturated rings. The van der Waals surface area contributed by atoms with Gasteiger partial charge >= 0.3 is 5.69 Å². The minimum Gasteiger partial charge on any atom is -0.490 e. The Bertz CT molecular complexity index is 1910. The number of aromatic nitrogens is 4. The number of ether oxygens (including phenoxy) is 1. The fraction of sp³-hybridized carbons (Fsp3) is 0.265. The third-order valence-corrected chi connectivity index (χ3v) is 9.52. The van der Waals surface area contributed by atoms with Crippen molar-refractivity contribution in [2.24, 2.45) is 0 Å². The zero-order chi connectivity index (χ0) is 31.1. The molecule has 1 saturated carbocycles. The first-order valence-electron chi connectivity index (χ1n) is 15.0. The highest BCUT2D eigenvalue weighted by Crippen LogP contribution is 2.29. The van der Waals surface area contributed by atoms with E-state index in [1.165, 1.54) is 4.57 Å². The largest absolute Gasteiger partial charge is 0.490 e. The SMILES string of the molecule is CC(NC(=O)c1c2n(c(=O)n1-c1ccc(OC3CC3)cc1)CCN(Cc1ccc(Br)c(Cl)c1)C2)c1ccccc1-n1cccn1. The second-order valence-electron chi connectivity index (χ2n) is 11.5. The van der Waals surface area contributed by atoms with Crippen LogP contribution in [0.5, 0.6) is 5.75 Å². The van der Waals surface area contributed by atoms with Gasteiger partial charge in [-0.3, -0.25) is 18.8 Å². The molecule has 7 rings (SSSR count).